The van der Waals surface area contributed by atoms with Gasteiger partial charge >= 0.3 is 6.36 Å². The van der Waals surface area contributed by atoms with Gasteiger partial charge in [0.05, 0.1) is 22.6 Å². The molecule has 3 aromatic heterocycles. The van der Waals surface area contributed by atoms with Crippen LogP contribution in [-0.2, 0) is 16.1 Å². The minimum absolute atomic E-state index is 0.220. The molecule has 0 aromatic carbocycles. The summed E-state index contributed by atoms with van der Waals surface area (Å²) in [6.45, 7) is 1.72. The van der Waals surface area contributed by atoms with Crippen molar-refractivity contribution in [2.45, 2.75) is 44.4 Å². The predicted molar refractivity (Wildman–Crippen MR) is 118 cm³/mol. The molecule has 1 aliphatic heterocycles. The second kappa shape index (κ2) is 8.90. The Morgan fingerprint density at radius 2 is 1.97 bits per heavy atom. The molecular weight excluding hydrogens is 474 g/mol. The van der Waals surface area contributed by atoms with Crippen LogP contribution < -0.4 is 4.90 Å². The fourth-order valence-electron chi connectivity index (χ4n) is 4.18. The third-order valence-corrected chi connectivity index (χ3v) is 7.23. The summed E-state index contributed by atoms with van der Waals surface area (Å²) in [6, 6.07) is 9.52. The molecule has 4 heterocycles. The molecule has 0 N–H and O–H groups in total. The Morgan fingerprint density at radius 3 is 2.65 bits per heavy atom. The van der Waals surface area contributed by atoms with Crippen LogP contribution in [-0.4, -0.2) is 64.2 Å². The Balaban J connectivity index is 1.27. The number of anilines is 1. The Hall–Kier alpha value is -2.57. The number of thiophene rings is 1. The van der Waals surface area contributed by atoms with Gasteiger partial charge in [-0.1, -0.05) is 6.07 Å². The van der Waals surface area contributed by atoms with Crippen molar-refractivity contribution in [1.82, 2.24) is 19.5 Å². The molecule has 0 radical (unpaired) electrons. The summed E-state index contributed by atoms with van der Waals surface area (Å²) in [7, 11) is 1.55. The maximum atomic E-state index is 13.3. The summed E-state index contributed by atoms with van der Waals surface area (Å²) in [6.07, 6.45) is -5.53. The zero-order valence-corrected chi connectivity index (χ0v) is 19.2. The molecule has 0 spiro atoms. The Labute approximate surface area is 196 Å². The van der Waals surface area contributed by atoms with E-state index in [1.807, 2.05) is 24.3 Å². The number of likely N-dealkylation sites (tertiary alicyclic amines) is 1. The first-order valence-electron chi connectivity index (χ1n) is 11.0. The van der Waals surface area contributed by atoms with Crippen LogP contribution in [0.2, 0.25) is 0 Å². The average molecular weight is 498 g/mol. The molecule has 2 fully saturated rings. The molecule has 12 heteroatoms. The highest BCUT2D eigenvalue weighted by Crippen LogP contribution is 2.36. The smallest absolute Gasteiger partial charge is 0.298 e. The van der Waals surface area contributed by atoms with E-state index < -0.39 is 24.6 Å². The molecule has 0 unspecified atom stereocenters. The topological polar surface area (TPSA) is 63.0 Å². The summed E-state index contributed by atoms with van der Waals surface area (Å²) >= 11 is 1.57. The molecule has 2 atom stereocenters. The van der Waals surface area contributed by atoms with Crippen LogP contribution >= 0.6 is 11.3 Å². The summed E-state index contributed by atoms with van der Waals surface area (Å²) in [4.78, 5) is 22.2. The van der Waals surface area contributed by atoms with E-state index >= 15 is 0 Å². The summed E-state index contributed by atoms with van der Waals surface area (Å²) in [5, 5.41) is 4.49. The highest BCUT2D eigenvalue weighted by atomic mass is 32.1. The van der Waals surface area contributed by atoms with Gasteiger partial charge in [-0.25, -0.2) is 8.91 Å². The largest absolute Gasteiger partial charge is 0.522 e. The third kappa shape index (κ3) is 4.93. The molecule has 2 aliphatic rings. The van der Waals surface area contributed by atoms with Crippen LogP contribution in [0.25, 0.3) is 16.2 Å². The van der Waals surface area contributed by atoms with E-state index in [1.54, 1.807) is 29.0 Å². The minimum Gasteiger partial charge on any atom is -0.298 e. The van der Waals surface area contributed by atoms with Crippen molar-refractivity contribution in [1.29, 1.82) is 0 Å². The standard InChI is InChI=1S/C22H23F4N5O2S/c1-29(20(32)15-11-16(15)23)21-27-19-4-2-3-17(31(19)28-21)18-6-5-14(34-18)12-30-9-7-13(8-10-30)33-22(24,25)26/h2-6,13,15-16H,7-12H2,1H3/t15-,16-/m0/s1. The molecule has 3 aromatic rings. The lowest BCUT2D eigenvalue weighted by molar-refractivity contribution is -0.345. The SMILES string of the molecule is CN(C(=O)[C@H]1C[C@@H]1F)c1nc2cccc(-c3ccc(CN4CCC(OC(F)(F)F)CC4)s3)n2n1. The van der Waals surface area contributed by atoms with E-state index in [-0.39, 0.29) is 18.3 Å². The molecule has 5 rings (SSSR count). The Morgan fingerprint density at radius 1 is 1.24 bits per heavy atom. The zero-order valence-electron chi connectivity index (χ0n) is 18.3. The van der Waals surface area contributed by atoms with Gasteiger partial charge in [-0.2, -0.15) is 4.98 Å². The van der Waals surface area contributed by atoms with Crippen molar-refractivity contribution in [2.24, 2.45) is 5.92 Å². The molecule has 1 saturated heterocycles. The van der Waals surface area contributed by atoms with Gasteiger partial charge in [0.15, 0.2) is 5.65 Å². The number of fused-ring (bicyclic) bond motifs is 1. The van der Waals surface area contributed by atoms with Gasteiger partial charge in [0.1, 0.15) is 6.17 Å². The van der Waals surface area contributed by atoms with Crippen molar-refractivity contribution >= 4 is 28.8 Å². The number of hydrogen-bond donors (Lipinski definition) is 0. The number of ether oxygens (including phenoxy) is 1. The zero-order chi connectivity index (χ0) is 24.0. The van der Waals surface area contributed by atoms with E-state index in [0.717, 1.165) is 15.4 Å². The van der Waals surface area contributed by atoms with Crippen molar-refractivity contribution in [3.8, 4) is 10.6 Å². The number of alkyl halides is 4. The second-order valence-electron chi connectivity index (χ2n) is 8.65. The molecule has 1 amide bonds. The number of piperidine rings is 1. The number of hydrogen-bond acceptors (Lipinski definition) is 6. The Kier molecular flexibility index (Phi) is 6.07. The van der Waals surface area contributed by atoms with Gasteiger partial charge in [0, 0.05) is 31.6 Å². The number of carbonyl (C=O) groups is 1. The molecule has 1 saturated carbocycles. The summed E-state index contributed by atoms with van der Waals surface area (Å²) < 4.78 is 56.4. The van der Waals surface area contributed by atoms with E-state index in [0.29, 0.717) is 38.1 Å². The normalized spacial score (nSPS) is 21.8. The second-order valence-corrected chi connectivity index (χ2v) is 9.82. The van der Waals surface area contributed by atoms with Crippen LogP contribution in [0.1, 0.15) is 24.1 Å². The number of amides is 1. The highest BCUT2D eigenvalue weighted by Gasteiger charge is 2.45. The number of pyridine rings is 1. The van der Waals surface area contributed by atoms with Crippen molar-refractivity contribution < 1.29 is 27.1 Å². The molecule has 0 bridgehead atoms. The number of halogens is 4. The van der Waals surface area contributed by atoms with Crippen LogP contribution in [0, 0.1) is 5.92 Å². The molecule has 34 heavy (non-hydrogen) atoms. The van der Waals surface area contributed by atoms with Crippen LogP contribution in [0.4, 0.5) is 23.5 Å². The fourth-order valence-corrected chi connectivity index (χ4v) is 5.25. The quantitative estimate of drug-likeness (QED) is 0.476. The maximum absolute atomic E-state index is 13.3. The number of carbonyl (C=O) groups excluding carboxylic acids is 1. The van der Waals surface area contributed by atoms with Gasteiger partial charge in [0.2, 0.25) is 5.91 Å². The van der Waals surface area contributed by atoms with E-state index in [2.05, 4.69) is 19.7 Å². The average Bonchev–Trinajstić information content (AvgIpc) is 3.17. The van der Waals surface area contributed by atoms with E-state index in [1.165, 1.54) is 4.90 Å². The van der Waals surface area contributed by atoms with Crippen molar-refractivity contribution in [2.75, 3.05) is 25.0 Å². The number of aromatic nitrogens is 3. The predicted octanol–water partition coefficient (Wildman–Crippen LogP) is 4.28. The first-order chi connectivity index (χ1) is 16.2. The highest BCUT2D eigenvalue weighted by molar-refractivity contribution is 7.15. The summed E-state index contributed by atoms with van der Waals surface area (Å²) in [5.74, 6) is -0.717. The molecule has 182 valence electrons. The molecule has 7 nitrogen and oxygen atoms in total. The van der Waals surface area contributed by atoms with Gasteiger partial charge < -0.3 is 0 Å². The lowest BCUT2D eigenvalue weighted by Gasteiger charge is -2.31. The van der Waals surface area contributed by atoms with Gasteiger partial charge in [-0.15, -0.1) is 29.6 Å². The van der Waals surface area contributed by atoms with Gasteiger partial charge in [0.25, 0.3) is 5.95 Å². The van der Waals surface area contributed by atoms with Gasteiger partial charge in [-0.05, 0) is 43.5 Å². The minimum atomic E-state index is -4.59. The maximum Gasteiger partial charge on any atom is 0.522 e. The van der Waals surface area contributed by atoms with Gasteiger partial charge in [-0.3, -0.25) is 19.3 Å². The summed E-state index contributed by atoms with van der Waals surface area (Å²) in [5.41, 5.74) is 1.38. The van der Waals surface area contributed by atoms with E-state index in [9.17, 15) is 22.4 Å². The van der Waals surface area contributed by atoms with Crippen molar-refractivity contribution in [3.05, 3.63) is 35.2 Å². The monoisotopic (exact) mass is 497 g/mol. The first-order valence-corrected chi connectivity index (χ1v) is 11.8. The number of nitrogens with zero attached hydrogens (tertiary/aromatic N) is 5. The number of rotatable bonds is 6. The lowest BCUT2D eigenvalue weighted by atomic mass is 10.1. The fraction of sp³-hybridized carbons (Fsp3) is 0.500. The molecule has 1 aliphatic carbocycles. The van der Waals surface area contributed by atoms with E-state index in [4.69, 9.17) is 0 Å². The third-order valence-electron chi connectivity index (χ3n) is 6.14. The van der Waals surface area contributed by atoms with Crippen LogP contribution in [0.15, 0.2) is 30.3 Å². The van der Waals surface area contributed by atoms with Crippen LogP contribution in [0.5, 0.6) is 0 Å². The van der Waals surface area contributed by atoms with Crippen molar-refractivity contribution in [3.63, 3.8) is 0 Å². The lowest BCUT2D eigenvalue weighted by Crippen LogP contribution is -2.38. The Bertz CT molecular complexity index is 1190. The van der Waals surface area contributed by atoms with Crippen LogP contribution in [0.3, 0.4) is 0 Å². The first kappa shape index (κ1) is 23.2. The molecular formula is C22H23F4N5O2S.